The van der Waals surface area contributed by atoms with E-state index >= 15 is 0 Å². The van der Waals surface area contributed by atoms with Crippen LogP contribution < -0.4 is 15.4 Å². The van der Waals surface area contributed by atoms with Crippen LogP contribution in [-0.2, 0) is 6.54 Å². The lowest BCUT2D eigenvalue weighted by Crippen LogP contribution is -2.28. The van der Waals surface area contributed by atoms with E-state index < -0.39 is 12.4 Å². The van der Waals surface area contributed by atoms with E-state index in [4.69, 9.17) is 0 Å². The molecule has 0 unspecified atom stereocenters. The minimum absolute atomic E-state index is 0.0751. The van der Waals surface area contributed by atoms with Crippen molar-refractivity contribution < 1.29 is 22.7 Å². The number of carbonyl (C=O) groups excluding carboxylic acids is 1. The third-order valence-corrected chi connectivity index (χ3v) is 3.06. The molecule has 0 fully saturated rings. The van der Waals surface area contributed by atoms with Gasteiger partial charge >= 0.3 is 12.4 Å². The fourth-order valence-electron chi connectivity index (χ4n) is 2.26. The quantitative estimate of drug-likeness (QED) is 0.861. The number of hydrogen-bond donors (Lipinski definition) is 2. The summed E-state index contributed by atoms with van der Waals surface area (Å²) < 4.78 is 40.4. The second-order valence-corrected chi connectivity index (χ2v) is 5.38. The van der Waals surface area contributed by atoms with E-state index in [1.54, 1.807) is 6.07 Å². The molecule has 0 aliphatic heterocycles. The Bertz CT molecular complexity index is 710. The first-order valence-corrected chi connectivity index (χ1v) is 7.19. The molecule has 0 heterocycles. The van der Waals surface area contributed by atoms with Gasteiger partial charge in [-0.1, -0.05) is 18.2 Å². The minimum Gasteiger partial charge on any atom is -0.406 e. The Balaban J connectivity index is 1.93. The maximum atomic E-state index is 12.2. The van der Waals surface area contributed by atoms with Crippen LogP contribution in [0.2, 0.25) is 0 Å². The zero-order chi connectivity index (χ0) is 17.7. The molecule has 2 aromatic carbocycles. The Morgan fingerprint density at radius 1 is 1.08 bits per heavy atom. The monoisotopic (exact) mass is 338 g/mol. The Labute approximate surface area is 137 Å². The van der Waals surface area contributed by atoms with E-state index in [1.165, 1.54) is 18.2 Å². The largest absolute Gasteiger partial charge is 0.573 e. The van der Waals surface area contributed by atoms with Crippen molar-refractivity contribution >= 4 is 11.7 Å². The van der Waals surface area contributed by atoms with E-state index in [0.29, 0.717) is 11.3 Å². The molecule has 128 valence electrons. The summed E-state index contributed by atoms with van der Waals surface area (Å²) in [6, 6.07) is 10.6. The van der Waals surface area contributed by atoms with Crippen LogP contribution in [0.15, 0.2) is 42.5 Å². The normalized spacial score (nSPS) is 11.0. The van der Waals surface area contributed by atoms with Gasteiger partial charge in [0.25, 0.3) is 0 Å². The van der Waals surface area contributed by atoms with E-state index in [-0.39, 0.29) is 12.3 Å². The van der Waals surface area contributed by atoms with Crippen LogP contribution in [0.4, 0.5) is 23.7 Å². The highest BCUT2D eigenvalue weighted by Gasteiger charge is 2.31. The van der Waals surface area contributed by atoms with Crippen LogP contribution in [-0.4, -0.2) is 12.4 Å². The van der Waals surface area contributed by atoms with Crippen molar-refractivity contribution in [2.45, 2.75) is 26.8 Å². The Morgan fingerprint density at radius 3 is 2.38 bits per heavy atom. The van der Waals surface area contributed by atoms with Crippen LogP contribution in [0.3, 0.4) is 0 Å². The second-order valence-electron chi connectivity index (χ2n) is 5.38. The van der Waals surface area contributed by atoms with Gasteiger partial charge in [0, 0.05) is 12.2 Å². The number of alkyl halides is 3. The number of anilines is 1. The molecule has 0 aromatic heterocycles. The molecule has 2 amide bonds. The summed E-state index contributed by atoms with van der Waals surface area (Å²) in [7, 11) is 0. The van der Waals surface area contributed by atoms with Gasteiger partial charge in [-0.05, 0) is 54.8 Å². The number of amides is 2. The number of hydrogen-bond acceptors (Lipinski definition) is 2. The third-order valence-electron chi connectivity index (χ3n) is 3.06. The number of benzene rings is 2. The molecule has 0 aliphatic carbocycles. The number of urea groups is 1. The lowest BCUT2D eigenvalue weighted by molar-refractivity contribution is -0.274. The smallest absolute Gasteiger partial charge is 0.406 e. The van der Waals surface area contributed by atoms with Crippen molar-refractivity contribution in [2.75, 3.05) is 5.32 Å². The number of nitrogens with one attached hydrogen (secondary N) is 2. The lowest BCUT2D eigenvalue weighted by atomic mass is 10.1. The van der Waals surface area contributed by atoms with Crippen molar-refractivity contribution in [3.63, 3.8) is 0 Å². The summed E-state index contributed by atoms with van der Waals surface area (Å²) in [5.74, 6) is -0.323. The number of ether oxygens (including phenoxy) is 1. The van der Waals surface area contributed by atoms with E-state index in [0.717, 1.165) is 11.1 Å². The van der Waals surface area contributed by atoms with Gasteiger partial charge in [0.1, 0.15) is 5.75 Å². The van der Waals surface area contributed by atoms with Crippen molar-refractivity contribution in [1.82, 2.24) is 5.32 Å². The van der Waals surface area contributed by atoms with Gasteiger partial charge in [0.2, 0.25) is 0 Å². The first-order chi connectivity index (χ1) is 11.2. The molecule has 0 saturated heterocycles. The van der Waals surface area contributed by atoms with Crippen LogP contribution in [0.25, 0.3) is 0 Å². The first kappa shape index (κ1) is 17.7. The summed E-state index contributed by atoms with van der Waals surface area (Å²) in [6.07, 6.45) is -4.74. The SMILES string of the molecule is Cc1cc(C)cc(NC(=O)NCc2cccc(OC(F)(F)F)c2)c1. The van der Waals surface area contributed by atoms with Crippen molar-refractivity contribution in [1.29, 1.82) is 0 Å². The molecule has 4 nitrogen and oxygen atoms in total. The average molecular weight is 338 g/mol. The molecule has 0 bridgehead atoms. The van der Waals surface area contributed by atoms with Crippen LogP contribution in [0.5, 0.6) is 5.75 Å². The first-order valence-electron chi connectivity index (χ1n) is 7.19. The molecule has 7 heteroatoms. The fraction of sp³-hybridized carbons (Fsp3) is 0.235. The second kappa shape index (κ2) is 7.25. The number of rotatable bonds is 4. The molecule has 2 N–H and O–H groups in total. The highest BCUT2D eigenvalue weighted by atomic mass is 19.4. The molecule has 0 saturated carbocycles. The standard InChI is InChI=1S/C17H17F3N2O2/c1-11-6-12(2)8-14(7-11)22-16(23)21-10-13-4-3-5-15(9-13)24-17(18,19)20/h3-9H,10H2,1-2H3,(H2,21,22,23). The average Bonchev–Trinajstić information content (AvgIpc) is 2.42. The minimum atomic E-state index is -4.74. The maximum absolute atomic E-state index is 12.2. The maximum Gasteiger partial charge on any atom is 0.573 e. The molecule has 0 radical (unpaired) electrons. The van der Waals surface area contributed by atoms with E-state index in [9.17, 15) is 18.0 Å². The summed E-state index contributed by atoms with van der Waals surface area (Å²) in [5, 5.41) is 5.27. The Kier molecular flexibility index (Phi) is 5.33. The van der Waals surface area contributed by atoms with Gasteiger partial charge in [0.15, 0.2) is 0 Å². The van der Waals surface area contributed by atoms with E-state index in [1.807, 2.05) is 32.0 Å². The highest BCUT2D eigenvalue weighted by molar-refractivity contribution is 5.89. The molecule has 0 atom stereocenters. The molecule has 2 aromatic rings. The van der Waals surface area contributed by atoms with Crippen molar-refractivity contribution in [2.24, 2.45) is 0 Å². The summed E-state index contributed by atoms with van der Waals surface area (Å²) in [6.45, 7) is 3.91. The summed E-state index contributed by atoms with van der Waals surface area (Å²) in [4.78, 5) is 11.9. The van der Waals surface area contributed by atoms with E-state index in [2.05, 4.69) is 15.4 Å². The summed E-state index contributed by atoms with van der Waals surface area (Å²) in [5.41, 5.74) is 3.18. The van der Waals surface area contributed by atoms with Crippen LogP contribution >= 0.6 is 0 Å². The summed E-state index contributed by atoms with van der Waals surface area (Å²) >= 11 is 0. The van der Waals surface area contributed by atoms with Crippen LogP contribution in [0, 0.1) is 13.8 Å². The van der Waals surface area contributed by atoms with Crippen molar-refractivity contribution in [3.05, 3.63) is 59.2 Å². The van der Waals surface area contributed by atoms with Gasteiger partial charge in [-0.3, -0.25) is 0 Å². The number of aryl methyl sites for hydroxylation is 2. The zero-order valence-corrected chi connectivity index (χ0v) is 13.2. The molecule has 0 spiro atoms. The zero-order valence-electron chi connectivity index (χ0n) is 13.2. The molecular formula is C17H17F3N2O2. The van der Waals surface area contributed by atoms with Crippen molar-refractivity contribution in [3.8, 4) is 5.75 Å². The predicted octanol–water partition coefficient (Wildman–Crippen LogP) is 4.52. The number of halogens is 3. The molecule has 2 rings (SSSR count). The molecule has 0 aliphatic rings. The highest BCUT2D eigenvalue weighted by Crippen LogP contribution is 2.23. The van der Waals surface area contributed by atoms with Gasteiger partial charge in [-0.2, -0.15) is 0 Å². The van der Waals surface area contributed by atoms with Crippen LogP contribution in [0.1, 0.15) is 16.7 Å². The fourth-order valence-corrected chi connectivity index (χ4v) is 2.26. The van der Waals surface area contributed by atoms with Gasteiger partial charge in [-0.15, -0.1) is 13.2 Å². The van der Waals surface area contributed by atoms with Gasteiger partial charge in [0.05, 0.1) is 0 Å². The number of carbonyl (C=O) groups is 1. The predicted molar refractivity (Wildman–Crippen MR) is 84.9 cm³/mol. The van der Waals surface area contributed by atoms with Gasteiger partial charge in [-0.25, -0.2) is 4.79 Å². The Hall–Kier alpha value is -2.70. The topological polar surface area (TPSA) is 50.4 Å². The molecule has 24 heavy (non-hydrogen) atoms. The third kappa shape index (κ3) is 5.83. The molecular weight excluding hydrogens is 321 g/mol. The lowest BCUT2D eigenvalue weighted by Gasteiger charge is -2.11. The Morgan fingerprint density at radius 2 is 1.75 bits per heavy atom. The van der Waals surface area contributed by atoms with Gasteiger partial charge < -0.3 is 15.4 Å².